The molecule has 0 N–H and O–H groups in total. The first kappa shape index (κ1) is 25.2. The molecule has 196 valence electrons. The molecule has 2 aromatic carbocycles. The fourth-order valence-corrected chi connectivity index (χ4v) is 5.47. The number of ether oxygens (including phenoxy) is 3. The number of hydrogen-bond donors (Lipinski definition) is 0. The van der Waals surface area contributed by atoms with Gasteiger partial charge in [0.1, 0.15) is 17.5 Å². The zero-order chi connectivity index (χ0) is 26.0. The molecule has 3 amide bonds. The van der Waals surface area contributed by atoms with E-state index in [-0.39, 0.29) is 24.3 Å². The Morgan fingerprint density at radius 3 is 2.22 bits per heavy atom. The van der Waals surface area contributed by atoms with E-state index in [4.69, 9.17) is 14.2 Å². The number of aryl methyl sites for hydroxylation is 1. The highest BCUT2D eigenvalue weighted by Crippen LogP contribution is 2.39. The van der Waals surface area contributed by atoms with Crippen molar-refractivity contribution < 1.29 is 28.6 Å². The highest BCUT2D eigenvalue weighted by Gasteiger charge is 2.55. The molecule has 3 aliphatic heterocycles. The van der Waals surface area contributed by atoms with Crippen molar-refractivity contribution in [3.8, 4) is 5.75 Å². The molecule has 37 heavy (non-hydrogen) atoms. The molecule has 0 bridgehead atoms. The molecule has 0 saturated carbocycles. The number of rotatable bonds is 4. The Labute approximate surface area is 216 Å². The standard InChI is InChI=1S/C28H33N3O6/c1-20-5-3-4-6-23(20)26(33)29-13-11-28(12-14-29)31(25(32)21-7-9-22(35-2)10-8-21)24(19-37-28)27(34)30-15-17-36-18-16-30/h3-10,24H,11-19H2,1-2H3. The summed E-state index contributed by atoms with van der Waals surface area (Å²) in [4.78, 5) is 45.9. The van der Waals surface area contributed by atoms with Gasteiger partial charge in [-0.2, -0.15) is 0 Å². The lowest BCUT2D eigenvalue weighted by atomic mass is 9.95. The van der Waals surface area contributed by atoms with E-state index in [9.17, 15) is 14.4 Å². The monoisotopic (exact) mass is 507 g/mol. The Kier molecular flexibility index (Phi) is 7.17. The molecule has 9 heteroatoms. The summed E-state index contributed by atoms with van der Waals surface area (Å²) in [5.74, 6) is 0.235. The molecule has 3 aliphatic rings. The van der Waals surface area contributed by atoms with E-state index in [0.717, 1.165) is 5.56 Å². The maximum absolute atomic E-state index is 13.9. The number of likely N-dealkylation sites (tertiary alicyclic amines) is 1. The Balaban J connectivity index is 1.40. The molecule has 3 fully saturated rings. The van der Waals surface area contributed by atoms with E-state index in [1.807, 2.05) is 36.1 Å². The molecule has 9 nitrogen and oxygen atoms in total. The van der Waals surface area contributed by atoms with Gasteiger partial charge in [-0.3, -0.25) is 19.3 Å². The highest BCUT2D eigenvalue weighted by atomic mass is 16.5. The van der Waals surface area contributed by atoms with Gasteiger partial charge in [-0.1, -0.05) is 18.2 Å². The average molecular weight is 508 g/mol. The molecular weight excluding hydrogens is 474 g/mol. The Morgan fingerprint density at radius 1 is 0.892 bits per heavy atom. The zero-order valence-electron chi connectivity index (χ0n) is 21.4. The first-order valence-electron chi connectivity index (χ1n) is 12.8. The van der Waals surface area contributed by atoms with Crippen LogP contribution in [0.4, 0.5) is 0 Å². The number of benzene rings is 2. The summed E-state index contributed by atoms with van der Waals surface area (Å²) < 4.78 is 17.0. The number of amides is 3. The Bertz CT molecular complexity index is 1150. The SMILES string of the molecule is COc1ccc(C(=O)N2C(C(=O)N3CCOCC3)COC23CCN(C(=O)c2ccccc2C)CC3)cc1. The van der Waals surface area contributed by atoms with Crippen LogP contribution in [0.15, 0.2) is 48.5 Å². The summed E-state index contributed by atoms with van der Waals surface area (Å²) in [6, 6.07) is 13.7. The second kappa shape index (κ2) is 10.5. The van der Waals surface area contributed by atoms with Crippen molar-refractivity contribution in [3.63, 3.8) is 0 Å². The quantitative estimate of drug-likeness (QED) is 0.631. The minimum Gasteiger partial charge on any atom is -0.497 e. The predicted molar refractivity (Wildman–Crippen MR) is 135 cm³/mol. The van der Waals surface area contributed by atoms with Crippen LogP contribution in [0.2, 0.25) is 0 Å². The highest BCUT2D eigenvalue weighted by molar-refractivity contribution is 5.99. The number of carbonyl (C=O) groups is 3. The van der Waals surface area contributed by atoms with Crippen molar-refractivity contribution in [1.82, 2.24) is 14.7 Å². The van der Waals surface area contributed by atoms with Crippen molar-refractivity contribution in [3.05, 3.63) is 65.2 Å². The number of morpholine rings is 1. The maximum Gasteiger partial charge on any atom is 0.256 e. The van der Waals surface area contributed by atoms with Crippen LogP contribution in [0.1, 0.15) is 39.1 Å². The molecule has 0 aromatic heterocycles. The number of piperidine rings is 1. The van der Waals surface area contributed by atoms with Gasteiger partial charge in [0.25, 0.3) is 11.8 Å². The molecule has 1 unspecified atom stereocenters. The third kappa shape index (κ3) is 4.81. The fraction of sp³-hybridized carbons (Fsp3) is 0.464. The van der Waals surface area contributed by atoms with Crippen molar-refractivity contribution in [2.75, 3.05) is 53.1 Å². The van der Waals surface area contributed by atoms with Gasteiger partial charge >= 0.3 is 0 Å². The van der Waals surface area contributed by atoms with Crippen molar-refractivity contribution >= 4 is 17.7 Å². The second-order valence-electron chi connectivity index (χ2n) is 9.72. The molecule has 0 aliphatic carbocycles. The largest absolute Gasteiger partial charge is 0.497 e. The van der Waals surface area contributed by atoms with Crippen LogP contribution in [0, 0.1) is 6.92 Å². The Hall–Kier alpha value is -3.43. The Morgan fingerprint density at radius 2 is 1.57 bits per heavy atom. The van der Waals surface area contributed by atoms with E-state index < -0.39 is 11.8 Å². The second-order valence-corrected chi connectivity index (χ2v) is 9.72. The molecule has 2 aromatic rings. The minimum absolute atomic E-state index is 0.0279. The van der Waals surface area contributed by atoms with Gasteiger partial charge in [0.2, 0.25) is 5.91 Å². The van der Waals surface area contributed by atoms with Crippen molar-refractivity contribution in [2.24, 2.45) is 0 Å². The molecule has 3 saturated heterocycles. The molecule has 5 rings (SSSR count). The summed E-state index contributed by atoms with van der Waals surface area (Å²) in [6.07, 6.45) is 0.860. The molecular formula is C28H33N3O6. The summed E-state index contributed by atoms with van der Waals surface area (Å²) in [6.45, 7) is 4.85. The summed E-state index contributed by atoms with van der Waals surface area (Å²) in [5, 5.41) is 0. The third-order valence-corrected chi connectivity index (χ3v) is 7.63. The predicted octanol–water partition coefficient (Wildman–Crippen LogP) is 2.34. The van der Waals surface area contributed by atoms with Gasteiger partial charge in [0.15, 0.2) is 0 Å². The summed E-state index contributed by atoms with van der Waals surface area (Å²) >= 11 is 0. The summed E-state index contributed by atoms with van der Waals surface area (Å²) in [5.41, 5.74) is 1.12. The average Bonchev–Trinajstić information content (AvgIpc) is 3.31. The van der Waals surface area contributed by atoms with Crippen LogP contribution in [0.3, 0.4) is 0 Å². The maximum atomic E-state index is 13.9. The van der Waals surface area contributed by atoms with E-state index in [1.54, 1.807) is 41.2 Å². The third-order valence-electron chi connectivity index (χ3n) is 7.63. The van der Waals surface area contributed by atoms with Crippen molar-refractivity contribution in [2.45, 2.75) is 31.5 Å². The smallest absolute Gasteiger partial charge is 0.256 e. The normalized spacial score (nSPS) is 21.2. The van der Waals surface area contributed by atoms with E-state index >= 15 is 0 Å². The fourth-order valence-electron chi connectivity index (χ4n) is 5.47. The van der Waals surface area contributed by atoms with Gasteiger partial charge < -0.3 is 24.0 Å². The van der Waals surface area contributed by atoms with Gasteiger partial charge in [0.05, 0.1) is 26.9 Å². The van der Waals surface area contributed by atoms with Gasteiger partial charge in [-0.25, -0.2) is 0 Å². The summed E-state index contributed by atoms with van der Waals surface area (Å²) in [7, 11) is 1.57. The molecule has 3 heterocycles. The lowest BCUT2D eigenvalue weighted by Gasteiger charge is -2.45. The van der Waals surface area contributed by atoms with Crippen LogP contribution >= 0.6 is 0 Å². The van der Waals surface area contributed by atoms with Gasteiger partial charge in [0, 0.05) is 50.1 Å². The topological polar surface area (TPSA) is 88.6 Å². The lowest BCUT2D eigenvalue weighted by Crippen LogP contribution is -2.60. The molecule has 1 spiro atoms. The first-order chi connectivity index (χ1) is 17.9. The number of nitrogens with zero attached hydrogens (tertiary/aromatic N) is 3. The van der Waals surface area contributed by atoms with Crippen LogP contribution in [-0.2, 0) is 14.3 Å². The number of methoxy groups -OCH3 is 1. The zero-order valence-corrected chi connectivity index (χ0v) is 21.4. The minimum atomic E-state index is -0.952. The molecule has 0 radical (unpaired) electrons. The van der Waals surface area contributed by atoms with Crippen LogP contribution in [0.25, 0.3) is 0 Å². The van der Waals surface area contributed by atoms with E-state index in [1.165, 1.54) is 0 Å². The van der Waals surface area contributed by atoms with Crippen LogP contribution in [-0.4, -0.2) is 97.3 Å². The lowest BCUT2D eigenvalue weighted by molar-refractivity contribution is -0.141. The van der Waals surface area contributed by atoms with E-state index in [0.29, 0.717) is 69.1 Å². The van der Waals surface area contributed by atoms with Crippen molar-refractivity contribution in [1.29, 1.82) is 0 Å². The van der Waals surface area contributed by atoms with Gasteiger partial charge in [-0.05, 0) is 42.8 Å². The van der Waals surface area contributed by atoms with Crippen LogP contribution in [0.5, 0.6) is 5.75 Å². The molecule has 1 atom stereocenters. The van der Waals surface area contributed by atoms with Gasteiger partial charge in [-0.15, -0.1) is 0 Å². The van der Waals surface area contributed by atoms with Crippen LogP contribution < -0.4 is 4.74 Å². The number of hydrogen-bond acceptors (Lipinski definition) is 6. The number of carbonyl (C=O) groups excluding carboxylic acids is 3. The van der Waals surface area contributed by atoms with E-state index in [2.05, 4.69) is 0 Å². The first-order valence-corrected chi connectivity index (χ1v) is 12.8.